The molecular formula is C13H17Br2NO. The van der Waals surface area contributed by atoms with E-state index in [4.69, 9.17) is 0 Å². The van der Waals surface area contributed by atoms with Gasteiger partial charge in [-0.05, 0) is 37.1 Å². The third-order valence-electron chi connectivity index (χ3n) is 2.45. The van der Waals surface area contributed by atoms with Crippen LogP contribution in [0.15, 0.2) is 28.7 Å². The van der Waals surface area contributed by atoms with Crippen LogP contribution in [-0.4, -0.2) is 17.8 Å². The molecule has 0 bridgehead atoms. The van der Waals surface area contributed by atoms with Gasteiger partial charge in [0.1, 0.15) is 0 Å². The minimum atomic E-state index is 0.0120. The second-order valence-corrected chi connectivity index (χ2v) is 5.57. The highest BCUT2D eigenvalue weighted by molar-refractivity contribution is 9.10. The molecule has 17 heavy (non-hydrogen) atoms. The van der Waals surface area contributed by atoms with Crippen molar-refractivity contribution in [3.8, 4) is 0 Å². The average Bonchev–Trinajstić information content (AvgIpc) is 2.34. The number of unbranched alkanes of at least 4 members (excludes halogenated alkanes) is 3. The van der Waals surface area contributed by atoms with Crippen molar-refractivity contribution in [2.45, 2.75) is 25.7 Å². The number of hydrogen-bond acceptors (Lipinski definition) is 1. The van der Waals surface area contributed by atoms with Crippen LogP contribution in [0.3, 0.4) is 0 Å². The lowest BCUT2D eigenvalue weighted by atomic mass is 10.2. The smallest absolute Gasteiger partial charge is 0.251 e. The molecule has 1 aromatic rings. The molecular weight excluding hydrogens is 346 g/mol. The highest BCUT2D eigenvalue weighted by atomic mass is 79.9. The van der Waals surface area contributed by atoms with Gasteiger partial charge in [-0.3, -0.25) is 4.79 Å². The van der Waals surface area contributed by atoms with Crippen LogP contribution in [-0.2, 0) is 0 Å². The van der Waals surface area contributed by atoms with Gasteiger partial charge in [0, 0.05) is 21.9 Å². The second-order valence-electron chi connectivity index (χ2n) is 3.87. The van der Waals surface area contributed by atoms with E-state index in [1.165, 1.54) is 19.3 Å². The maximum atomic E-state index is 11.7. The standard InChI is InChI=1S/C13H17Br2NO/c14-9-3-1-2-4-10-16-13(17)11-5-7-12(15)8-6-11/h5-8H,1-4,9-10H2,(H,16,17). The summed E-state index contributed by atoms with van der Waals surface area (Å²) in [4.78, 5) is 11.7. The van der Waals surface area contributed by atoms with Crippen molar-refractivity contribution in [1.29, 1.82) is 0 Å². The predicted octanol–water partition coefficient (Wildman–Crippen LogP) is 4.13. The van der Waals surface area contributed by atoms with Crippen LogP contribution >= 0.6 is 31.9 Å². The number of halogens is 2. The molecule has 4 heteroatoms. The molecule has 0 heterocycles. The lowest BCUT2D eigenvalue weighted by Gasteiger charge is -2.05. The summed E-state index contributed by atoms with van der Waals surface area (Å²) in [6.45, 7) is 0.761. The van der Waals surface area contributed by atoms with Crippen molar-refractivity contribution in [2.24, 2.45) is 0 Å². The van der Waals surface area contributed by atoms with Gasteiger partial charge in [-0.2, -0.15) is 0 Å². The molecule has 0 fully saturated rings. The first kappa shape index (κ1) is 14.7. The molecule has 0 spiro atoms. The maximum absolute atomic E-state index is 11.7. The summed E-state index contributed by atoms with van der Waals surface area (Å²) in [5.74, 6) is 0.0120. The minimum Gasteiger partial charge on any atom is -0.352 e. The number of rotatable bonds is 7. The molecule has 0 saturated heterocycles. The fourth-order valence-corrected chi connectivity index (χ4v) is 2.14. The van der Waals surface area contributed by atoms with Crippen molar-refractivity contribution >= 4 is 37.8 Å². The Kier molecular flexibility index (Phi) is 7.53. The zero-order valence-corrected chi connectivity index (χ0v) is 12.9. The largest absolute Gasteiger partial charge is 0.352 e. The lowest BCUT2D eigenvalue weighted by molar-refractivity contribution is 0.0953. The first-order chi connectivity index (χ1) is 8.24. The number of carbonyl (C=O) groups excluding carboxylic acids is 1. The van der Waals surface area contributed by atoms with Crippen molar-refractivity contribution in [1.82, 2.24) is 5.32 Å². The first-order valence-corrected chi connectivity index (χ1v) is 7.75. The molecule has 0 aliphatic heterocycles. The van der Waals surface area contributed by atoms with Crippen molar-refractivity contribution in [2.75, 3.05) is 11.9 Å². The Morgan fingerprint density at radius 2 is 1.71 bits per heavy atom. The van der Waals surface area contributed by atoms with Crippen LogP contribution in [0.25, 0.3) is 0 Å². The summed E-state index contributed by atoms with van der Waals surface area (Å²) in [7, 11) is 0. The SMILES string of the molecule is O=C(NCCCCCCBr)c1ccc(Br)cc1. The number of amides is 1. The summed E-state index contributed by atoms with van der Waals surface area (Å²) in [6, 6.07) is 7.41. The predicted molar refractivity (Wildman–Crippen MR) is 78.7 cm³/mol. The molecule has 1 N–H and O–H groups in total. The Labute approximate surface area is 119 Å². The number of nitrogens with one attached hydrogen (secondary N) is 1. The van der Waals surface area contributed by atoms with Crippen LogP contribution in [0.5, 0.6) is 0 Å². The average molecular weight is 363 g/mol. The van der Waals surface area contributed by atoms with Crippen LogP contribution in [0.1, 0.15) is 36.0 Å². The van der Waals surface area contributed by atoms with E-state index in [-0.39, 0.29) is 5.91 Å². The van der Waals surface area contributed by atoms with Crippen molar-refractivity contribution in [3.63, 3.8) is 0 Å². The Balaban J connectivity index is 2.19. The zero-order chi connectivity index (χ0) is 12.5. The zero-order valence-electron chi connectivity index (χ0n) is 9.72. The van der Waals surface area contributed by atoms with Crippen molar-refractivity contribution < 1.29 is 4.79 Å². The van der Waals surface area contributed by atoms with E-state index in [9.17, 15) is 4.79 Å². The third kappa shape index (κ3) is 6.22. The minimum absolute atomic E-state index is 0.0120. The van der Waals surface area contributed by atoms with Crippen LogP contribution in [0.4, 0.5) is 0 Å². The third-order valence-corrected chi connectivity index (χ3v) is 3.54. The number of hydrogen-bond donors (Lipinski definition) is 1. The van der Waals surface area contributed by atoms with E-state index in [1.54, 1.807) is 0 Å². The van der Waals surface area contributed by atoms with Crippen molar-refractivity contribution in [3.05, 3.63) is 34.3 Å². The second kappa shape index (κ2) is 8.70. The molecule has 1 amide bonds. The summed E-state index contributed by atoms with van der Waals surface area (Å²) in [5.41, 5.74) is 0.716. The lowest BCUT2D eigenvalue weighted by Crippen LogP contribution is -2.24. The van der Waals surface area contributed by atoms with Gasteiger partial charge in [0.05, 0.1) is 0 Å². The molecule has 0 aromatic heterocycles. The van der Waals surface area contributed by atoms with E-state index in [0.717, 1.165) is 22.8 Å². The Morgan fingerprint density at radius 1 is 1.06 bits per heavy atom. The fourth-order valence-electron chi connectivity index (χ4n) is 1.48. The maximum Gasteiger partial charge on any atom is 0.251 e. The normalized spacial score (nSPS) is 10.2. The number of benzene rings is 1. The van der Waals surface area contributed by atoms with Gasteiger partial charge in [0.15, 0.2) is 0 Å². The molecule has 0 saturated carbocycles. The van der Waals surface area contributed by atoms with Gasteiger partial charge in [0.25, 0.3) is 5.91 Å². The van der Waals surface area contributed by atoms with E-state index < -0.39 is 0 Å². The van der Waals surface area contributed by atoms with E-state index >= 15 is 0 Å². The molecule has 0 radical (unpaired) electrons. The van der Waals surface area contributed by atoms with E-state index in [1.807, 2.05) is 24.3 Å². The highest BCUT2D eigenvalue weighted by Gasteiger charge is 2.03. The Bertz CT molecular complexity index is 338. The highest BCUT2D eigenvalue weighted by Crippen LogP contribution is 2.10. The molecule has 1 rings (SSSR count). The molecule has 0 aliphatic rings. The number of alkyl halides is 1. The van der Waals surface area contributed by atoms with Gasteiger partial charge in [0.2, 0.25) is 0 Å². The Hall–Kier alpha value is -0.350. The van der Waals surface area contributed by atoms with Gasteiger partial charge < -0.3 is 5.32 Å². The van der Waals surface area contributed by atoms with Gasteiger partial charge >= 0.3 is 0 Å². The summed E-state index contributed by atoms with van der Waals surface area (Å²) in [5, 5.41) is 4.00. The van der Waals surface area contributed by atoms with Crippen LogP contribution < -0.4 is 5.32 Å². The number of carbonyl (C=O) groups is 1. The van der Waals surface area contributed by atoms with Crippen LogP contribution in [0.2, 0.25) is 0 Å². The summed E-state index contributed by atoms with van der Waals surface area (Å²) < 4.78 is 0.990. The molecule has 1 aromatic carbocycles. The summed E-state index contributed by atoms with van der Waals surface area (Å²) in [6.07, 6.45) is 4.65. The molecule has 0 atom stereocenters. The molecule has 94 valence electrons. The fraction of sp³-hybridized carbons (Fsp3) is 0.462. The van der Waals surface area contributed by atoms with Gasteiger partial charge in [-0.15, -0.1) is 0 Å². The van der Waals surface area contributed by atoms with Crippen LogP contribution in [0, 0.1) is 0 Å². The quantitative estimate of drug-likeness (QED) is 0.573. The molecule has 0 aliphatic carbocycles. The van der Waals surface area contributed by atoms with E-state index in [2.05, 4.69) is 37.2 Å². The molecule has 2 nitrogen and oxygen atoms in total. The topological polar surface area (TPSA) is 29.1 Å². The first-order valence-electron chi connectivity index (χ1n) is 5.84. The van der Waals surface area contributed by atoms with E-state index in [0.29, 0.717) is 5.56 Å². The van der Waals surface area contributed by atoms with Gasteiger partial charge in [-0.25, -0.2) is 0 Å². The Morgan fingerprint density at radius 3 is 2.35 bits per heavy atom. The van der Waals surface area contributed by atoms with Gasteiger partial charge in [-0.1, -0.05) is 44.7 Å². The molecule has 0 unspecified atom stereocenters. The monoisotopic (exact) mass is 361 g/mol. The summed E-state index contributed by atoms with van der Waals surface area (Å²) >= 11 is 6.75.